The van der Waals surface area contributed by atoms with Gasteiger partial charge in [-0.3, -0.25) is 0 Å². The van der Waals surface area contributed by atoms with Gasteiger partial charge in [0.25, 0.3) is 0 Å². The molecular formula is C7H6LuO3. The minimum atomic E-state index is -1.11. The molecule has 0 saturated heterocycles. The minimum absolute atomic E-state index is 0. The van der Waals surface area contributed by atoms with Crippen LogP contribution in [-0.2, 0) is 0 Å². The van der Waals surface area contributed by atoms with Gasteiger partial charge in [0.2, 0.25) is 0 Å². The summed E-state index contributed by atoms with van der Waals surface area (Å²) in [5.74, 6) is -1.31. The molecule has 1 aromatic carbocycles. The largest absolute Gasteiger partial charge is 0.507 e. The molecule has 0 aliphatic carbocycles. The summed E-state index contributed by atoms with van der Waals surface area (Å²) in [6.45, 7) is 0. The number of carboxylic acid groups (broad SMARTS) is 1. The number of aromatic carboxylic acids is 1. The molecule has 4 heteroatoms. The number of aromatic hydroxyl groups is 1. The van der Waals surface area contributed by atoms with Crippen molar-refractivity contribution in [2.45, 2.75) is 0 Å². The van der Waals surface area contributed by atoms with Crippen LogP contribution >= 0.6 is 0 Å². The summed E-state index contributed by atoms with van der Waals surface area (Å²) >= 11 is 0. The van der Waals surface area contributed by atoms with E-state index in [-0.39, 0.29) is 48.2 Å². The van der Waals surface area contributed by atoms with Crippen molar-refractivity contribution < 1.29 is 51.9 Å². The van der Waals surface area contributed by atoms with Crippen LogP contribution in [-0.4, -0.2) is 16.2 Å². The predicted octanol–water partition coefficient (Wildman–Crippen LogP) is 1.09. The van der Waals surface area contributed by atoms with E-state index >= 15 is 0 Å². The number of para-hydroxylation sites is 1. The van der Waals surface area contributed by atoms with Crippen LogP contribution in [0.25, 0.3) is 0 Å². The standard InChI is InChI=1S/C7H6O3.Lu/c8-6-4-2-1-3-5(6)7(9)10;/h1-4,8H,(H,9,10);. The van der Waals surface area contributed by atoms with Crippen molar-refractivity contribution in [3.63, 3.8) is 0 Å². The number of phenols is 1. The third kappa shape index (κ3) is 2.68. The Bertz CT molecular complexity index is 260. The maximum absolute atomic E-state index is 10.3. The van der Waals surface area contributed by atoms with Crippen LogP contribution in [0.2, 0.25) is 0 Å². The van der Waals surface area contributed by atoms with Gasteiger partial charge in [-0.1, -0.05) is 12.1 Å². The van der Waals surface area contributed by atoms with Gasteiger partial charge in [-0.15, -0.1) is 0 Å². The first-order valence-electron chi connectivity index (χ1n) is 2.73. The topological polar surface area (TPSA) is 57.5 Å². The molecule has 11 heavy (non-hydrogen) atoms. The van der Waals surface area contributed by atoms with Crippen molar-refractivity contribution in [1.82, 2.24) is 0 Å². The van der Waals surface area contributed by atoms with Crippen LogP contribution in [0.15, 0.2) is 24.3 Å². The zero-order valence-corrected chi connectivity index (χ0v) is 7.03. The Kier molecular flexibility index (Phi) is 4.46. The van der Waals surface area contributed by atoms with Crippen molar-refractivity contribution in [3.05, 3.63) is 29.8 Å². The van der Waals surface area contributed by atoms with Gasteiger partial charge in [0.05, 0.1) is 0 Å². The van der Waals surface area contributed by atoms with E-state index in [1.165, 1.54) is 12.1 Å². The van der Waals surface area contributed by atoms with E-state index in [1.54, 1.807) is 12.1 Å². The Labute approximate surface area is 92.9 Å². The number of benzene rings is 1. The average Bonchev–Trinajstić information content (AvgIpc) is 1.88. The molecule has 0 unspecified atom stereocenters. The third-order valence-electron chi connectivity index (χ3n) is 1.13. The first kappa shape index (κ1) is 10.7. The molecule has 1 rings (SSSR count). The molecule has 0 aliphatic heterocycles. The predicted molar refractivity (Wildman–Crippen MR) is 35.1 cm³/mol. The van der Waals surface area contributed by atoms with Crippen LogP contribution < -0.4 is 0 Å². The molecule has 0 saturated carbocycles. The van der Waals surface area contributed by atoms with Crippen molar-refractivity contribution in [2.75, 3.05) is 0 Å². The van der Waals surface area contributed by atoms with E-state index in [0.29, 0.717) is 0 Å². The molecule has 0 atom stereocenters. The Morgan fingerprint density at radius 2 is 1.82 bits per heavy atom. The summed E-state index contributed by atoms with van der Waals surface area (Å²) in [6.07, 6.45) is 0. The average molecular weight is 313 g/mol. The first-order valence-corrected chi connectivity index (χ1v) is 2.73. The van der Waals surface area contributed by atoms with Crippen LogP contribution in [0.1, 0.15) is 10.4 Å². The quantitative estimate of drug-likeness (QED) is 0.816. The second kappa shape index (κ2) is 4.57. The Morgan fingerprint density at radius 3 is 2.18 bits per heavy atom. The summed E-state index contributed by atoms with van der Waals surface area (Å²) in [5.41, 5.74) is -0.0671. The summed E-state index contributed by atoms with van der Waals surface area (Å²) < 4.78 is 0. The van der Waals surface area contributed by atoms with Crippen LogP contribution in [0.3, 0.4) is 0 Å². The van der Waals surface area contributed by atoms with E-state index in [0.717, 1.165) is 0 Å². The molecule has 2 N–H and O–H groups in total. The summed E-state index contributed by atoms with van der Waals surface area (Å²) in [5, 5.41) is 17.3. The van der Waals surface area contributed by atoms with Crippen LogP contribution in [0, 0.1) is 36.9 Å². The van der Waals surface area contributed by atoms with Gasteiger partial charge in [-0.25, -0.2) is 4.79 Å². The van der Waals surface area contributed by atoms with E-state index in [2.05, 4.69) is 0 Å². The van der Waals surface area contributed by atoms with Gasteiger partial charge in [0.15, 0.2) is 0 Å². The number of hydrogen-bond acceptors (Lipinski definition) is 2. The second-order valence-corrected chi connectivity index (χ2v) is 1.82. The minimum Gasteiger partial charge on any atom is -0.507 e. The van der Waals surface area contributed by atoms with Gasteiger partial charge in [-0.2, -0.15) is 0 Å². The van der Waals surface area contributed by atoms with Gasteiger partial charge >= 0.3 is 5.97 Å². The molecule has 0 bridgehead atoms. The molecule has 0 heterocycles. The molecule has 0 spiro atoms. The Balaban J connectivity index is 0.000001000. The molecule has 0 fully saturated rings. The van der Waals surface area contributed by atoms with Gasteiger partial charge in [-0.05, 0) is 12.1 Å². The van der Waals surface area contributed by atoms with Gasteiger partial charge < -0.3 is 10.2 Å². The van der Waals surface area contributed by atoms with Crippen molar-refractivity contribution in [2.24, 2.45) is 0 Å². The van der Waals surface area contributed by atoms with Crippen LogP contribution in [0.4, 0.5) is 0 Å². The number of carbonyl (C=O) groups is 1. The summed E-state index contributed by atoms with van der Waals surface area (Å²) in [7, 11) is 0. The van der Waals surface area contributed by atoms with Crippen LogP contribution in [0.5, 0.6) is 5.75 Å². The Hall–Kier alpha value is -0.276. The maximum Gasteiger partial charge on any atom is 0.339 e. The van der Waals surface area contributed by atoms with Gasteiger partial charge in [0, 0.05) is 36.9 Å². The maximum atomic E-state index is 10.3. The number of hydrogen-bond donors (Lipinski definition) is 2. The zero-order chi connectivity index (χ0) is 7.56. The summed E-state index contributed by atoms with van der Waals surface area (Å²) in [6, 6.07) is 5.81. The third-order valence-corrected chi connectivity index (χ3v) is 1.13. The molecule has 1 radical (unpaired) electrons. The molecule has 0 amide bonds. The monoisotopic (exact) mass is 313 g/mol. The normalized spacial score (nSPS) is 8.36. The molecule has 3 nitrogen and oxygen atoms in total. The molecule has 0 aromatic heterocycles. The fraction of sp³-hybridized carbons (Fsp3) is 0. The summed E-state index contributed by atoms with van der Waals surface area (Å²) in [4.78, 5) is 10.3. The first-order chi connectivity index (χ1) is 4.72. The fourth-order valence-corrected chi connectivity index (χ4v) is 0.654. The van der Waals surface area contributed by atoms with Crippen molar-refractivity contribution >= 4 is 5.97 Å². The van der Waals surface area contributed by atoms with E-state index in [4.69, 9.17) is 10.2 Å². The fourth-order valence-electron chi connectivity index (χ4n) is 0.654. The van der Waals surface area contributed by atoms with E-state index < -0.39 is 5.97 Å². The van der Waals surface area contributed by atoms with Crippen molar-refractivity contribution in [1.29, 1.82) is 0 Å². The smallest absolute Gasteiger partial charge is 0.339 e. The molecule has 0 aliphatic rings. The zero-order valence-electron chi connectivity index (χ0n) is 5.37. The molecule has 67 valence electrons. The molecule has 1 aromatic rings. The second-order valence-electron chi connectivity index (χ2n) is 1.82. The van der Waals surface area contributed by atoms with E-state index in [1.807, 2.05) is 0 Å². The Morgan fingerprint density at radius 1 is 1.27 bits per heavy atom. The number of rotatable bonds is 1. The molecular weight excluding hydrogens is 307 g/mol. The van der Waals surface area contributed by atoms with E-state index in [9.17, 15) is 4.79 Å². The number of carboxylic acids is 1. The SMILES string of the molecule is O=C(O)c1ccccc1O.[Lu]. The van der Waals surface area contributed by atoms with Gasteiger partial charge in [0.1, 0.15) is 11.3 Å². The van der Waals surface area contributed by atoms with Crippen molar-refractivity contribution in [3.8, 4) is 5.75 Å².